The van der Waals surface area contributed by atoms with Gasteiger partial charge in [0.1, 0.15) is 5.82 Å². The molecule has 0 spiro atoms. The highest BCUT2D eigenvalue weighted by molar-refractivity contribution is 5.37. The van der Waals surface area contributed by atoms with Crippen LogP contribution < -0.4 is 0 Å². The number of nitrogens with zero attached hydrogens (tertiary/aromatic N) is 5. The molecule has 2 saturated heterocycles. The number of hydrogen-bond acceptors (Lipinski definition) is 5. The van der Waals surface area contributed by atoms with Crippen LogP contribution >= 0.6 is 0 Å². The third-order valence-corrected chi connectivity index (χ3v) is 5.69. The van der Waals surface area contributed by atoms with E-state index in [9.17, 15) is 0 Å². The molecule has 0 unspecified atom stereocenters. The van der Waals surface area contributed by atoms with E-state index < -0.39 is 0 Å². The number of rotatable bonds is 4. The lowest BCUT2D eigenvalue weighted by Crippen LogP contribution is -2.56. The summed E-state index contributed by atoms with van der Waals surface area (Å²) < 4.78 is 7.67. The number of morpholine rings is 1. The van der Waals surface area contributed by atoms with Crippen molar-refractivity contribution in [2.45, 2.75) is 38.1 Å². The first kappa shape index (κ1) is 16.9. The molecule has 0 radical (unpaired) electrons. The second kappa shape index (κ2) is 7.02. The summed E-state index contributed by atoms with van der Waals surface area (Å²) in [4.78, 5) is 5.19. The monoisotopic (exact) mass is 343 g/mol. The molecule has 136 valence electrons. The molecule has 0 aliphatic carbocycles. The standard InChI is InChI=1S/C19H29N5O/c1-19(2,23-10-12-25-13-11-23)15-22-8-5-6-16(14-22)18-21-20-17-7-3-4-9-24(17)18/h3-4,7,9,16H,5-6,8,10-15H2,1-2H3/t16-/m1/s1. The van der Waals surface area contributed by atoms with Crippen molar-refractivity contribution in [1.82, 2.24) is 24.4 Å². The summed E-state index contributed by atoms with van der Waals surface area (Å²) in [6, 6.07) is 6.10. The second-order valence-corrected chi connectivity index (χ2v) is 7.97. The van der Waals surface area contributed by atoms with Gasteiger partial charge in [0.25, 0.3) is 0 Å². The quantitative estimate of drug-likeness (QED) is 0.850. The van der Waals surface area contributed by atoms with E-state index in [4.69, 9.17) is 4.74 Å². The van der Waals surface area contributed by atoms with Crippen LogP contribution in [0.1, 0.15) is 38.4 Å². The second-order valence-electron chi connectivity index (χ2n) is 7.97. The Labute approximate surface area is 149 Å². The van der Waals surface area contributed by atoms with Crippen LogP contribution in [0.2, 0.25) is 0 Å². The van der Waals surface area contributed by atoms with Crippen LogP contribution in [-0.2, 0) is 4.74 Å². The summed E-state index contributed by atoms with van der Waals surface area (Å²) in [7, 11) is 0. The predicted octanol–water partition coefficient (Wildman–Crippen LogP) is 2.02. The zero-order valence-electron chi connectivity index (χ0n) is 15.4. The fraction of sp³-hybridized carbons (Fsp3) is 0.684. The van der Waals surface area contributed by atoms with Crippen molar-refractivity contribution in [1.29, 1.82) is 0 Å². The summed E-state index contributed by atoms with van der Waals surface area (Å²) in [5.41, 5.74) is 1.13. The largest absolute Gasteiger partial charge is 0.379 e. The predicted molar refractivity (Wildman–Crippen MR) is 97.9 cm³/mol. The Morgan fingerprint density at radius 2 is 2.00 bits per heavy atom. The van der Waals surface area contributed by atoms with E-state index in [1.807, 2.05) is 12.1 Å². The fourth-order valence-corrected chi connectivity index (χ4v) is 4.36. The number of hydrogen-bond donors (Lipinski definition) is 0. The summed E-state index contributed by atoms with van der Waals surface area (Å²) in [5, 5.41) is 8.84. The zero-order valence-corrected chi connectivity index (χ0v) is 15.4. The summed E-state index contributed by atoms with van der Waals surface area (Å²) in [6.45, 7) is 11.9. The van der Waals surface area contributed by atoms with Gasteiger partial charge in [-0.05, 0) is 45.4 Å². The maximum atomic E-state index is 5.52. The Morgan fingerprint density at radius 3 is 2.84 bits per heavy atom. The normalized spacial score (nSPS) is 24.0. The van der Waals surface area contributed by atoms with E-state index in [-0.39, 0.29) is 5.54 Å². The van der Waals surface area contributed by atoms with Gasteiger partial charge in [-0.3, -0.25) is 9.30 Å². The molecule has 0 bridgehead atoms. The van der Waals surface area contributed by atoms with Crippen LogP contribution in [-0.4, -0.2) is 75.9 Å². The molecule has 2 aliphatic heterocycles. The average Bonchev–Trinajstić information content (AvgIpc) is 3.06. The first-order chi connectivity index (χ1) is 12.1. The minimum Gasteiger partial charge on any atom is -0.379 e. The zero-order chi connectivity index (χ0) is 17.3. The van der Waals surface area contributed by atoms with Gasteiger partial charge in [-0.15, -0.1) is 10.2 Å². The number of aromatic nitrogens is 3. The Morgan fingerprint density at radius 1 is 1.16 bits per heavy atom. The molecule has 2 aliphatic rings. The number of piperidine rings is 1. The Hall–Kier alpha value is -1.50. The highest BCUT2D eigenvalue weighted by atomic mass is 16.5. The minimum absolute atomic E-state index is 0.179. The Balaban J connectivity index is 1.45. The molecule has 6 heteroatoms. The molecule has 25 heavy (non-hydrogen) atoms. The molecule has 4 rings (SSSR count). The first-order valence-electron chi connectivity index (χ1n) is 9.48. The Bertz CT molecular complexity index is 707. The molecule has 2 fully saturated rings. The molecule has 2 aromatic rings. The molecule has 2 aromatic heterocycles. The van der Waals surface area contributed by atoms with Crippen molar-refractivity contribution >= 4 is 5.65 Å². The highest BCUT2D eigenvalue weighted by Crippen LogP contribution is 2.28. The lowest BCUT2D eigenvalue weighted by molar-refractivity contribution is -0.0242. The van der Waals surface area contributed by atoms with Gasteiger partial charge >= 0.3 is 0 Å². The SMILES string of the molecule is CC(C)(CN1CCC[C@@H](c2nnc3ccccn23)C1)N1CCOCC1. The molecular weight excluding hydrogens is 314 g/mol. The maximum Gasteiger partial charge on any atom is 0.160 e. The van der Waals surface area contributed by atoms with Gasteiger partial charge < -0.3 is 9.64 Å². The smallest absolute Gasteiger partial charge is 0.160 e. The molecular formula is C19H29N5O. The number of fused-ring (bicyclic) bond motifs is 1. The van der Waals surface area contributed by atoms with E-state index in [0.29, 0.717) is 5.92 Å². The first-order valence-corrected chi connectivity index (χ1v) is 9.48. The van der Waals surface area contributed by atoms with Gasteiger partial charge in [-0.1, -0.05) is 6.07 Å². The minimum atomic E-state index is 0.179. The van der Waals surface area contributed by atoms with Crippen LogP contribution in [0, 0.1) is 0 Å². The van der Waals surface area contributed by atoms with Crippen molar-refractivity contribution in [2.75, 3.05) is 45.9 Å². The van der Waals surface area contributed by atoms with Gasteiger partial charge in [0.05, 0.1) is 13.2 Å². The van der Waals surface area contributed by atoms with Crippen molar-refractivity contribution in [3.63, 3.8) is 0 Å². The maximum absolute atomic E-state index is 5.52. The number of ether oxygens (including phenoxy) is 1. The average molecular weight is 343 g/mol. The van der Waals surface area contributed by atoms with Crippen molar-refractivity contribution in [3.05, 3.63) is 30.2 Å². The van der Waals surface area contributed by atoms with Crippen molar-refractivity contribution in [3.8, 4) is 0 Å². The van der Waals surface area contributed by atoms with Crippen LogP contribution in [0.4, 0.5) is 0 Å². The van der Waals surface area contributed by atoms with Gasteiger partial charge in [-0.25, -0.2) is 0 Å². The van der Waals surface area contributed by atoms with Gasteiger partial charge in [0, 0.05) is 43.8 Å². The van der Waals surface area contributed by atoms with E-state index in [0.717, 1.165) is 50.9 Å². The third kappa shape index (κ3) is 3.57. The van der Waals surface area contributed by atoms with Gasteiger partial charge in [0.15, 0.2) is 5.65 Å². The van der Waals surface area contributed by atoms with Crippen molar-refractivity contribution in [2.24, 2.45) is 0 Å². The van der Waals surface area contributed by atoms with Crippen molar-refractivity contribution < 1.29 is 4.74 Å². The van der Waals surface area contributed by atoms with Crippen LogP contribution in [0.3, 0.4) is 0 Å². The summed E-state index contributed by atoms with van der Waals surface area (Å²) in [6.07, 6.45) is 4.51. The van der Waals surface area contributed by atoms with E-state index >= 15 is 0 Å². The highest BCUT2D eigenvalue weighted by Gasteiger charge is 2.33. The number of pyridine rings is 1. The molecule has 0 aromatic carbocycles. The van der Waals surface area contributed by atoms with Gasteiger partial charge in [0.2, 0.25) is 0 Å². The molecule has 0 saturated carbocycles. The lowest BCUT2D eigenvalue weighted by atomic mass is 9.94. The topological polar surface area (TPSA) is 45.9 Å². The Kier molecular flexibility index (Phi) is 4.75. The van der Waals surface area contributed by atoms with Gasteiger partial charge in [-0.2, -0.15) is 0 Å². The van der Waals surface area contributed by atoms with E-state index in [1.165, 1.54) is 19.4 Å². The van der Waals surface area contributed by atoms with E-state index in [1.54, 1.807) is 0 Å². The molecule has 0 N–H and O–H groups in total. The van der Waals surface area contributed by atoms with Crippen LogP contribution in [0.5, 0.6) is 0 Å². The molecule has 0 amide bonds. The lowest BCUT2D eigenvalue weighted by Gasteiger charge is -2.45. The van der Waals surface area contributed by atoms with Crippen LogP contribution in [0.15, 0.2) is 24.4 Å². The molecule has 1 atom stereocenters. The fourth-order valence-electron chi connectivity index (χ4n) is 4.36. The number of likely N-dealkylation sites (tertiary alicyclic amines) is 1. The van der Waals surface area contributed by atoms with Crippen LogP contribution in [0.25, 0.3) is 5.65 Å². The summed E-state index contributed by atoms with van der Waals surface area (Å²) in [5.74, 6) is 1.58. The van der Waals surface area contributed by atoms with E-state index in [2.05, 4.69) is 50.5 Å². The summed E-state index contributed by atoms with van der Waals surface area (Å²) >= 11 is 0. The molecule has 4 heterocycles. The molecule has 6 nitrogen and oxygen atoms in total. The third-order valence-electron chi connectivity index (χ3n) is 5.69.